The van der Waals surface area contributed by atoms with Crippen molar-refractivity contribution in [3.63, 3.8) is 0 Å². The molecule has 0 saturated carbocycles. The highest BCUT2D eigenvalue weighted by atomic mass is 16.5. The summed E-state index contributed by atoms with van der Waals surface area (Å²) in [6, 6.07) is 8.80. The zero-order valence-electron chi connectivity index (χ0n) is 17.1. The number of ether oxygens (including phenoxy) is 1. The molecule has 6 heteroatoms. The van der Waals surface area contributed by atoms with Crippen LogP contribution in [0.5, 0.6) is 5.75 Å². The summed E-state index contributed by atoms with van der Waals surface area (Å²) >= 11 is 0. The van der Waals surface area contributed by atoms with Gasteiger partial charge in [0.05, 0.1) is 13.7 Å². The van der Waals surface area contributed by atoms with E-state index in [0.717, 1.165) is 57.5 Å². The van der Waals surface area contributed by atoms with Crippen LogP contribution in [-0.4, -0.2) is 81.2 Å². The summed E-state index contributed by atoms with van der Waals surface area (Å²) in [6.45, 7) is 7.36. The van der Waals surface area contributed by atoms with Crippen LogP contribution >= 0.6 is 0 Å². The van der Waals surface area contributed by atoms with Crippen LogP contribution in [-0.2, 0) is 4.79 Å². The number of piperidine rings is 1. The second-order valence-electron chi connectivity index (χ2n) is 8.35. The monoisotopic (exact) mass is 386 g/mol. The van der Waals surface area contributed by atoms with E-state index in [9.17, 15) is 4.79 Å². The van der Waals surface area contributed by atoms with Crippen LogP contribution < -0.4 is 15.0 Å². The molecule has 3 saturated heterocycles. The fourth-order valence-corrected chi connectivity index (χ4v) is 5.03. The number of carbonyl (C=O) groups excluding carboxylic acids is 1. The maximum Gasteiger partial charge on any atom is 0.236 e. The molecule has 28 heavy (non-hydrogen) atoms. The van der Waals surface area contributed by atoms with Gasteiger partial charge in [-0.05, 0) is 69.1 Å². The molecule has 0 bridgehead atoms. The van der Waals surface area contributed by atoms with Gasteiger partial charge in [-0.15, -0.1) is 0 Å². The predicted octanol–water partition coefficient (Wildman–Crippen LogP) is 1.81. The lowest BCUT2D eigenvalue weighted by Gasteiger charge is -2.41. The van der Waals surface area contributed by atoms with Gasteiger partial charge in [0.1, 0.15) is 5.75 Å². The molecule has 2 unspecified atom stereocenters. The number of benzene rings is 1. The number of carbonyl (C=O) groups is 1. The van der Waals surface area contributed by atoms with Crippen LogP contribution in [0.2, 0.25) is 0 Å². The number of likely N-dealkylation sites (tertiary alicyclic amines) is 1. The van der Waals surface area contributed by atoms with Crippen LogP contribution in [0, 0.1) is 5.92 Å². The number of nitrogens with one attached hydrogen (secondary N) is 1. The van der Waals surface area contributed by atoms with Crippen LogP contribution in [0.3, 0.4) is 0 Å². The number of methoxy groups -OCH3 is 1. The maximum absolute atomic E-state index is 13.0. The fraction of sp³-hybridized carbons (Fsp3) is 0.682. The Hall–Kier alpha value is -1.79. The summed E-state index contributed by atoms with van der Waals surface area (Å²) in [4.78, 5) is 19.9. The summed E-state index contributed by atoms with van der Waals surface area (Å²) in [5.74, 6) is 1.92. The van der Waals surface area contributed by atoms with E-state index in [4.69, 9.17) is 4.74 Å². The first kappa shape index (κ1) is 19.5. The molecule has 3 fully saturated rings. The van der Waals surface area contributed by atoms with Crippen LogP contribution in [0.4, 0.5) is 5.69 Å². The Morgan fingerprint density at radius 1 is 1.07 bits per heavy atom. The van der Waals surface area contributed by atoms with Gasteiger partial charge in [0.25, 0.3) is 0 Å². The van der Waals surface area contributed by atoms with Crippen molar-refractivity contribution in [3.05, 3.63) is 24.3 Å². The lowest BCUT2D eigenvalue weighted by atomic mass is 9.89. The fourth-order valence-electron chi connectivity index (χ4n) is 5.03. The smallest absolute Gasteiger partial charge is 0.236 e. The number of hydrogen-bond donors (Lipinski definition) is 1. The van der Waals surface area contributed by atoms with Crippen molar-refractivity contribution in [2.75, 3.05) is 64.4 Å². The summed E-state index contributed by atoms with van der Waals surface area (Å²) in [5.41, 5.74) is 1.21. The first-order chi connectivity index (χ1) is 13.7. The molecule has 1 amide bonds. The Bertz CT molecular complexity index is 636. The SMILES string of the molecule is COc1ccc(N2CCN(C(=O)CN3CCCCC3C3CCNC3)CC2)cc1. The zero-order valence-corrected chi connectivity index (χ0v) is 17.1. The highest BCUT2D eigenvalue weighted by Gasteiger charge is 2.33. The van der Waals surface area contributed by atoms with Crippen molar-refractivity contribution in [3.8, 4) is 5.75 Å². The van der Waals surface area contributed by atoms with Crippen molar-refractivity contribution in [1.29, 1.82) is 0 Å². The Morgan fingerprint density at radius 2 is 1.86 bits per heavy atom. The Balaban J connectivity index is 1.29. The Labute approximate surface area is 168 Å². The third kappa shape index (κ3) is 4.44. The number of anilines is 1. The number of hydrogen-bond acceptors (Lipinski definition) is 5. The van der Waals surface area contributed by atoms with Gasteiger partial charge >= 0.3 is 0 Å². The minimum Gasteiger partial charge on any atom is -0.497 e. The molecular formula is C22H34N4O2. The third-order valence-corrected chi connectivity index (χ3v) is 6.72. The van der Waals surface area contributed by atoms with Gasteiger partial charge in [0, 0.05) is 37.9 Å². The quantitative estimate of drug-likeness (QED) is 0.836. The molecule has 0 radical (unpaired) electrons. The van der Waals surface area contributed by atoms with E-state index in [1.807, 2.05) is 12.1 Å². The first-order valence-corrected chi connectivity index (χ1v) is 10.9. The number of piperazine rings is 1. The molecule has 154 valence electrons. The molecule has 4 rings (SSSR count). The lowest BCUT2D eigenvalue weighted by Crippen LogP contribution is -2.54. The van der Waals surface area contributed by atoms with Crippen molar-refractivity contribution in [2.24, 2.45) is 5.92 Å². The van der Waals surface area contributed by atoms with Gasteiger partial charge in [0.15, 0.2) is 0 Å². The highest BCUT2D eigenvalue weighted by Crippen LogP contribution is 2.27. The predicted molar refractivity (Wildman–Crippen MR) is 112 cm³/mol. The standard InChI is InChI=1S/C22H34N4O2/c1-28-20-7-5-19(6-8-20)24-12-14-25(15-13-24)22(27)17-26-11-3-2-4-21(26)18-9-10-23-16-18/h5-8,18,21,23H,2-4,9-17H2,1H3. The number of rotatable bonds is 5. The van der Waals surface area contributed by atoms with E-state index in [-0.39, 0.29) is 0 Å². The molecule has 1 aromatic rings. The van der Waals surface area contributed by atoms with Crippen LogP contribution in [0.1, 0.15) is 25.7 Å². The molecule has 3 aliphatic heterocycles. The summed E-state index contributed by atoms with van der Waals surface area (Å²) in [6.07, 6.45) is 5.06. The van der Waals surface area contributed by atoms with Crippen LogP contribution in [0.25, 0.3) is 0 Å². The molecule has 2 atom stereocenters. The summed E-state index contributed by atoms with van der Waals surface area (Å²) in [7, 11) is 1.69. The third-order valence-electron chi connectivity index (χ3n) is 6.72. The van der Waals surface area contributed by atoms with Gasteiger partial charge < -0.3 is 19.9 Å². The molecule has 1 aromatic carbocycles. The molecule has 3 heterocycles. The maximum atomic E-state index is 13.0. The van der Waals surface area contributed by atoms with Gasteiger partial charge in [-0.25, -0.2) is 0 Å². The van der Waals surface area contributed by atoms with Gasteiger partial charge in [-0.2, -0.15) is 0 Å². The molecule has 0 aromatic heterocycles. The Morgan fingerprint density at radius 3 is 2.54 bits per heavy atom. The van der Waals surface area contributed by atoms with Crippen molar-refractivity contribution in [1.82, 2.24) is 15.1 Å². The zero-order chi connectivity index (χ0) is 19.3. The van der Waals surface area contributed by atoms with E-state index in [0.29, 0.717) is 18.5 Å². The van der Waals surface area contributed by atoms with Crippen molar-refractivity contribution >= 4 is 11.6 Å². The van der Waals surface area contributed by atoms with Gasteiger partial charge in [0.2, 0.25) is 5.91 Å². The second-order valence-corrected chi connectivity index (χ2v) is 8.35. The largest absolute Gasteiger partial charge is 0.497 e. The second kappa shape index (κ2) is 9.14. The van der Waals surface area contributed by atoms with Crippen molar-refractivity contribution in [2.45, 2.75) is 31.7 Å². The number of amides is 1. The molecule has 1 N–H and O–H groups in total. The molecular weight excluding hydrogens is 352 g/mol. The van der Waals surface area contributed by atoms with E-state index >= 15 is 0 Å². The lowest BCUT2D eigenvalue weighted by molar-refractivity contribution is -0.134. The Kier molecular flexibility index (Phi) is 6.37. The normalized spacial score (nSPS) is 26.5. The molecule has 0 spiro atoms. The topological polar surface area (TPSA) is 48.1 Å². The van der Waals surface area contributed by atoms with Gasteiger partial charge in [-0.3, -0.25) is 9.69 Å². The average Bonchev–Trinajstić information content (AvgIpc) is 3.29. The van der Waals surface area contributed by atoms with Crippen LogP contribution in [0.15, 0.2) is 24.3 Å². The average molecular weight is 387 g/mol. The first-order valence-electron chi connectivity index (χ1n) is 10.9. The van der Waals surface area contributed by atoms with E-state index < -0.39 is 0 Å². The molecule has 6 nitrogen and oxygen atoms in total. The number of nitrogens with zero attached hydrogens (tertiary/aromatic N) is 3. The van der Waals surface area contributed by atoms with E-state index in [2.05, 4.69) is 32.1 Å². The van der Waals surface area contributed by atoms with Crippen molar-refractivity contribution < 1.29 is 9.53 Å². The summed E-state index contributed by atoms with van der Waals surface area (Å²) < 4.78 is 5.24. The molecule has 0 aliphatic carbocycles. The minimum absolute atomic E-state index is 0.312. The minimum atomic E-state index is 0.312. The van der Waals surface area contributed by atoms with E-state index in [1.54, 1.807) is 7.11 Å². The van der Waals surface area contributed by atoms with Gasteiger partial charge in [-0.1, -0.05) is 6.42 Å². The van der Waals surface area contributed by atoms with E-state index in [1.165, 1.54) is 31.4 Å². The highest BCUT2D eigenvalue weighted by molar-refractivity contribution is 5.78. The molecule has 3 aliphatic rings. The summed E-state index contributed by atoms with van der Waals surface area (Å²) in [5, 5.41) is 3.50.